The molecule has 10 rings (SSSR count). The van der Waals surface area contributed by atoms with Crippen molar-refractivity contribution in [3.05, 3.63) is 258 Å². The fourth-order valence-electron chi connectivity index (χ4n) is 8.68. The molecule has 0 amide bonds. The number of carbonyl (C=O) groups is 1. The number of anilines is 8. The maximum Gasteiger partial charge on any atom is 2.00 e. The SMILES string of the molecule is Cc1cc(C)c(C(=O)C=C(O)c2c(C)cc(C)cc2C)c(C)c1.[Ir].[Pt+2].[c-]1ccccc1N1[CH-]N(c2ccccc2)c2ccccc21.[c-]1ccccc1N1[CH-]N(c2ccccc2)c2ccccc21. The third-order valence-corrected chi connectivity index (χ3v) is 11.4. The number of hydrogen-bond acceptors (Lipinski definition) is 6. The van der Waals surface area contributed by atoms with Crippen LogP contribution in [0.1, 0.15) is 49.3 Å². The number of fused-ring (bicyclic) bond motifs is 2. The van der Waals surface area contributed by atoms with Crippen LogP contribution >= 0.6 is 0 Å². The van der Waals surface area contributed by atoms with Gasteiger partial charge in [-0.2, -0.15) is 60.7 Å². The molecular formula is C59H52IrN4O2Pt-2. The number of aryl methyl sites for hydroxylation is 6. The van der Waals surface area contributed by atoms with E-state index in [-0.39, 0.29) is 52.7 Å². The molecule has 1 N–H and O–H groups in total. The van der Waals surface area contributed by atoms with Gasteiger partial charge in [-0.05, 0) is 112 Å². The second kappa shape index (κ2) is 22.8. The van der Waals surface area contributed by atoms with Crippen LogP contribution in [0.2, 0.25) is 0 Å². The van der Waals surface area contributed by atoms with Gasteiger partial charge in [-0.25, -0.2) is 0 Å². The van der Waals surface area contributed by atoms with Crippen molar-refractivity contribution in [1.82, 2.24) is 0 Å². The summed E-state index contributed by atoms with van der Waals surface area (Å²) < 4.78 is 0. The zero-order valence-electron chi connectivity index (χ0n) is 38.3. The first kappa shape index (κ1) is 49.9. The molecule has 0 atom stereocenters. The first-order valence-corrected chi connectivity index (χ1v) is 21.8. The average molecular weight is 1240 g/mol. The quantitative estimate of drug-likeness (QED) is 0.0743. The number of aliphatic hydroxyl groups excluding tert-OH is 1. The molecule has 0 unspecified atom stereocenters. The Kier molecular flexibility index (Phi) is 17.0. The average Bonchev–Trinajstić information content (AvgIpc) is 3.90. The van der Waals surface area contributed by atoms with Gasteiger partial charge in [0.15, 0.2) is 5.78 Å². The van der Waals surface area contributed by atoms with Crippen LogP contribution in [0.4, 0.5) is 45.5 Å². The number of rotatable bonds is 7. The maximum atomic E-state index is 12.6. The van der Waals surface area contributed by atoms with E-state index >= 15 is 0 Å². The number of benzene rings is 8. The molecule has 2 aliphatic heterocycles. The van der Waals surface area contributed by atoms with Gasteiger partial charge >= 0.3 is 21.1 Å². The Labute approximate surface area is 424 Å². The van der Waals surface area contributed by atoms with Crippen LogP contribution in [-0.4, -0.2) is 10.9 Å². The summed E-state index contributed by atoms with van der Waals surface area (Å²) in [6.07, 6.45) is 1.34. The molecule has 8 heteroatoms. The van der Waals surface area contributed by atoms with E-state index in [1.165, 1.54) is 28.8 Å². The molecule has 341 valence electrons. The van der Waals surface area contributed by atoms with E-state index in [2.05, 4.69) is 154 Å². The molecule has 0 saturated carbocycles. The van der Waals surface area contributed by atoms with E-state index in [4.69, 9.17) is 0 Å². The first-order valence-electron chi connectivity index (χ1n) is 21.8. The summed E-state index contributed by atoms with van der Waals surface area (Å²) >= 11 is 0. The molecule has 6 nitrogen and oxygen atoms in total. The van der Waals surface area contributed by atoms with Gasteiger partial charge in [-0.1, -0.05) is 96.1 Å². The number of para-hydroxylation sites is 8. The van der Waals surface area contributed by atoms with Gasteiger partial charge in [0.05, 0.1) is 0 Å². The Hall–Kier alpha value is -6.49. The molecule has 0 aliphatic carbocycles. The molecule has 2 heterocycles. The Balaban J connectivity index is 0.000000163. The summed E-state index contributed by atoms with van der Waals surface area (Å²) in [6.45, 7) is 16.0. The summed E-state index contributed by atoms with van der Waals surface area (Å²) in [5.41, 5.74) is 16.6. The zero-order chi connectivity index (χ0) is 45.5. The van der Waals surface area contributed by atoms with Crippen molar-refractivity contribution in [2.24, 2.45) is 0 Å². The van der Waals surface area contributed by atoms with Gasteiger partial charge in [-0.15, -0.1) is 24.7 Å². The summed E-state index contributed by atoms with van der Waals surface area (Å²) in [5.74, 6) is -0.124. The largest absolute Gasteiger partial charge is 2.00 e. The second-order valence-electron chi connectivity index (χ2n) is 16.3. The van der Waals surface area contributed by atoms with Gasteiger partial charge in [0, 0.05) is 71.4 Å². The number of nitrogens with zero attached hydrogens (tertiary/aromatic N) is 4. The molecule has 0 bridgehead atoms. The molecule has 2 aliphatic rings. The Bertz CT molecular complexity index is 2640. The standard InChI is InChI=1S/C21H24O2.2C19H14N2.Ir.Pt/c1-12-7-14(3)20(15(4)8-12)18(22)11-19(23)21-16(5)9-13(2)10-17(21)6;2*1-3-9-16(10-4-1)20-15-21(17-11-5-2-6-12-17)19-14-8-7-13-18(19)20;;/h7-11,22H,1-6H3;2*1-11,13-15H;;/q;2*-2;;+2. The molecule has 0 saturated heterocycles. The minimum Gasteiger partial charge on any atom is -0.507 e. The van der Waals surface area contributed by atoms with E-state index in [1.54, 1.807) is 0 Å². The molecule has 67 heavy (non-hydrogen) atoms. The predicted molar refractivity (Wildman–Crippen MR) is 270 cm³/mol. The van der Waals surface area contributed by atoms with Crippen LogP contribution in [0.15, 0.2) is 188 Å². The fourth-order valence-corrected chi connectivity index (χ4v) is 8.68. The van der Waals surface area contributed by atoms with Gasteiger partial charge in [0.2, 0.25) is 0 Å². The van der Waals surface area contributed by atoms with Crippen LogP contribution in [-0.2, 0) is 41.2 Å². The summed E-state index contributed by atoms with van der Waals surface area (Å²) in [4.78, 5) is 21.4. The van der Waals surface area contributed by atoms with E-state index in [0.29, 0.717) is 5.56 Å². The topological polar surface area (TPSA) is 50.3 Å². The van der Waals surface area contributed by atoms with Crippen molar-refractivity contribution in [3.63, 3.8) is 0 Å². The van der Waals surface area contributed by atoms with Crippen molar-refractivity contribution < 1.29 is 51.1 Å². The minimum absolute atomic E-state index is 0. The summed E-state index contributed by atoms with van der Waals surface area (Å²) in [5, 5.41) is 10.5. The summed E-state index contributed by atoms with van der Waals surface area (Å²) in [7, 11) is 0. The molecule has 0 aromatic heterocycles. The van der Waals surface area contributed by atoms with Crippen molar-refractivity contribution in [3.8, 4) is 0 Å². The second-order valence-corrected chi connectivity index (χ2v) is 16.3. The monoisotopic (exact) mass is 1240 g/mol. The van der Waals surface area contributed by atoms with Gasteiger partial charge in [0.25, 0.3) is 0 Å². The number of hydrogen-bond donors (Lipinski definition) is 1. The maximum absolute atomic E-state index is 12.6. The van der Waals surface area contributed by atoms with Crippen LogP contribution in [0.3, 0.4) is 0 Å². The Morgan fingerprint density at radius 3 is 1.15 bits per heavy atom. The van der Waals surface area contributed by atoms with Crippen LogP contribution in [0.25, 0.3) is 5.76 Å². The van der Waals surface area contributed by atoms with Gasteiger partial charge in [-0.3, -0.25) is 4.79 Å². The van der Waals surface area contributed by atoms with Gasteiger partial charge < -0.3 is 24.7 Å². The van der Waals surface area contributed by atoms with Crippen LogP contribution in [0, 0.1) is 67.0 Å². The normalized spacial score (nSPS) is 12.4. The number of carbonyl (C=O) groups excluding carboxylic acids is 1. The van der Waals surface area contributed by atoms with E-state index in [9.17, 15) is 9.90 Å². The fraction of sp³-hybridized carbons (Fsp3) is 0.102. The van der Waals surface area contributed by atoms with E-state index < -0.39 is 0 Å². The minimum atomic E-state index is -0.156. The van der Waals surface area contributed by atoms with Crippen molar-refractivity contribution >= 4 is 57.0 Å². The Morgan fingerprint density at radius 2 is 0.791 bits per heavy atom. The van der Waals surface area contributed by atoms with E-state index in [1.807, 2.05) is 114 Å². The van der Waals surface area contributed by atoms with Crippen molar-refractivity contribution in [2.75, 3.05) is 19.6 Å². The van der Waals surface area contributed by atoms with Crippen molar-refractivity contribution in [2.45, 2.75) is 41.5 Å². The predicted octanol–water partition coefficient (Wildman–Crippen LogP) is 15.1. The Morgan fingerprint density at radius 1 is 0.463 bits per heavy atom. The first-order chi connectivity index (χ1) is 31.6. The summed E-state index contributed by atoms with van der Waals surface area (Å²) in [6, 6.07) is 68.3. The third-order valence-electron chi connectivity index (χ3n) is 11.4. The van der Waals surface area contributed by atoms with Crippen molar-refractivity contribution in [1.29, 1.82) is 0 Å². The third kappa shape index (κ3) is 11.4. The molecule has 8 aromatic rings. The van der Waals surface area contributed by atoms with Gasteiger partial charge in [0.1, 0.15) is 5.76 Å². The molecular weight excluding hydrogens is 1180 g/mol. The number of ketones is 1. The van der Waals surface area contributed by atoms with Crippen LogP contribution in [0.5, 0.6) is 0 Å². The molecule has 0 fully saturated rings. The smallest absolute Gasteiger partial charge is 0.507 e. The molecule has 0 spiro atoms. The molecule has 1 radical (unpaired) electrons. The number of allylic oxidation sites excluding steroid dienone is 1. The van der Waals surface area contributed by atoms with Crippen LogP contribution < -0.4 is 19.6 Å². The molecule has 8 aromatic carbocycles. The number of aliphatic hydroxyl groups is 1. The zero-order valence-corrected chi connectivity index (χ0v) is 43.0. The van der Waals surface area contributed by atoms with E-state index in [0.717, 1.165) is 61.7 Å².